The summed E-state index contributed by atoms with van der Waals surface area (Å²) >= 11 is 3.03. The zero-order chi connectivity index (χ0) is 16.1. The fourth-order valence-corrected chi connectivity index (χ4v) is 3.38. The summed E-state index contributed by atoms with van der Waals surface area (Å²) in [6, 6.07) is 13.4. The first kappa shape index (κ1) is 15.7. The van der Waals surface area contributed by atoms with Crippen LogP contribution in [0.3, 0.4) is 0 Å². The van der Waals surface area contributed by atoms with Crippen LogP contribution in [0.25, 0.3) is 11.3 Å². The first-order valence-electron chi connectivity index (χ1n) is 7.17. The van der Waals surface area contributed by atoms with Crippen molar-refractivity contribution < 1.29 is 4.79 Å². The number of benzene rings is 1. The number of pyridine rings is 1. The quantitative estimate of drug-likeness (QED) is 0.691. The van der Waals surface area contributed by atoms with Crippen LogP contribution < -0.4 is 5.32 Å². The molecule has 1 aromatic carbocycles. The zero-order valence-corrected chi connectivity index (χ0v) is 14.2. The van der Waals surface area contributed by atoms with Crippen LogP contribution in [-0.4, -0.2) is 21.6 Å². The average Bonchev–Trinajstić information content (AvgIpc) is 3.05. The SMILES string of the molecule is CCSc1cc(C(=O)Nc2nc(-c3ccccc3)cs2)ccn1. The van der Waals surface area contributed by atoms with Gasteiger partial charge in [0, 0.05) is 22.7 Å². The lowest BCUT2D eigenvalue weighted by Gasteiger charge is -2.03. The van der Waals surface area contributed by atoms with Crippen LogP contribution in [0.4, 0.5) is 5.13 Å². The monoisotopic (exact) mass is 341 g/mol. The van der Waals surface area contributed by atoms with Gasteiger partial charge in [-0.15, -0.1) is 23.1 Å². The van der Waals surface area contributed by atoms with Gasteiger partial charge < -0.3 is 0 Å². The molecule has 0 radical (unpaired) electrons. The number of carbonyl (C=O) groups excluding carboxylic acids is 1. The molecule has 0 bridgehead atoms. The van der Waals surface area contributed by atoms with Gasteiger partial charge in [0.25, 0.3) is 5.91 Å². The minimum atomic E-state index is -0.167. The Morgan fingerprint density at radius 1 is 1.26 bits per heavy atom. The van der Waals surface area contributed by atoms with Crippen molar-refractivity contribution >= 4 is 34.1 Å². The van der Waals surface area contributed by atoms with Crippen LogP contribution in [0.15, 0.2) is 59.1 Å². The Hall–Kier alpha value is -2.18. The van der Waals surface area contributed by atoms with Crippen molar-refractivity contribution in [2.75, 3.05) is 11.1 Å². The number of amides is 1. The summed E-state index contributed by atoms with van der Waals surface area (Å²) in [6.07, 6.45) is 1.66. The second-order valence-corrected chi connectivity index (χ2v) is 6.82. The van der Waals surface area contributed by atoms with Crippen molar-refractivity contribution in [1.29, 1.82) is 0 Å². The summed E-state index contributed by atoms with van der Waals surface area (Å²) in [5.74, 6) is 0.754. The van der Waals surface area contributed by atoms with E-state index in [1.165, 1.54) is 11.3 Å². The molecule has 0 fully saturated rings. The molecule has 1 amide bonds. The van der Waals surface area contributed by atoms with Gasteiger partial charge in [0.05, 0.1) is 10.7 Å². The molecule has 4 nitrogen and oxygen atoms in total. The van der Waals surface area contributed by atoms with Gasteiger partial charge in [-0.1, -0.05) is 37.3 Å². The van der Waals surface area contributed by atoms with Crippen LogP contribution in [0.5, 0.6) is 0 Å². The van der Waals surface area contributed by atoms with E-state index in [2.05, 4.69) is 22.2 Å². The van der Waals surface area contributed by atoms with Crippen LogP contribution in [0.2, 0.25) is 0 Å². The number of rotatable bonds is 5. The van der Waals surface area contributed by atoms with Crippen LogP contribution >= 0.6 is 23.1 Å². The Morgan fingerprint density at radius 3 is 2.87 bits per heavy atom. The Kier molecular flexibility index (Phi) is 5.05. The number of nitrogens with one attached hydrogen (secondary N) is 1. The molecule has 0 saturated carbocycles. The Labute approximate surface area is 143 Å². The lowest BCUT2D eigenvalue weighted by Crippen LogP contribution is -2.11. The van der Waals surface area contributed by atoms with Gasteiger partial charge in [0.2, 0.25) is 0 Å². The molecule has 0 atom stereocenters. The van der Waals surface area contributed by atoms with Crippen molar-refractivity contribution in [3.05, 3.63) is 59.6 Å². The van der Waals surface area contributed by atoms with Crippen molar-refractivity contribution in [3.63, 3.8) is 0 Å². The maximum absolute atomic E-state index is 12.3. The van der Waals surface area contributed by atoms with Crippen LogP contribution in [0.1, 0.15) is 17.3 Å². The molecule has 2 heterocycles. The highest BCUT2D eigenvalue weighted by Gasteiger charge is 2.11. The van der Waals surface area contributed by atoms with Crippen molar-refractivity contribution in [1.82, 2.24) is 9.97 Å². The minimum Gasteiger partial charge on any atom is -0.298 e. The molecular formula is C17H15N3OS2. The fraction of sp³-hybridized carbons (Fsp3) is 0.118. The van der Waals surface area contributed by atoms with Gasteiger partial charge in [-0.2, -0.15) is 0 Å². The second kappa shape index (κ2) is 7.39. The van der Waals surface area contributed by atoms with E-state index < -0.39 is 0 Å². The van der Waals surface area contributed by atoms with Crippen molar-refractivity contribution in [2.45, 2.75) is 11.9 Å². The standard InChI is InChI=1S/C17H15N3OS2/c1-2-22-15-10-13(8-9-18-15)16(21)20-17-19-14(11-23-17)12-6-4-3-5-7-12/h3-11H,2H2,1H3,(H,19,20,21). The van der Waals surface area contributed by atoms with Crippen LogP contribution in [0, 0.1) is 0 Å². The summed E-state index contributed by atoms with van der Waals surface area (Å²) < 4.78 is 0. The van der Waals surface area contributed by atoms with Gasteiger partial charge in [-0.3, -0.25) is 10.1 Å². The van der Waals surface area contributed by atoms with Gasteiger partial charge in [-0.05, 0) is 17.9 Å². The molecule has 0 aliphatic carbocycles. The molecular weight excluding hydrogens is 326 g/mol. The maximum atomic E-state index is 12.3. The fourth-order valence-electron chi connectivity index (χ4n) is 2.02. The number of nitrogens with zero attached hydrogens (tertiary/aromatic N) is 2. The van der Waals surface area contributed by atoms with Gasteiger partial charge in [-0.25, -0.2) is 9.97 Å². The molecule has 2 aromatic heterocycles. The molecule has 0 saturated heterocycles. The second-order valence-electron chi connectivity index (χ2n) is 4.67. The van der Waals surface area contributed by atoms with Gasteiger partial charge in [0.1, 0.15) is 0 Å². The number of carbonyl (C=O) groups is 1. The molecule has 1 N–H and O–H groups in total. The average molecular weight is 341 g/mol. The largest absolute Gasteiger partial charge is 0.298 e. The van der Waals surface area contributed by atoms with E-state index in [9.17, 15) is 4.79 Å². The molecule has 23 heavy (non-hydrogen) atoms. The summed E-state index contributed by atoms with van der Waals surface area (Å²) in [4.78, 5) is 21.0. The predicted octanol–water partition coefficient (Wildman–Crippen LogP) is 4.57. The normalized spacial score (nSPS) is 10.5. The number of anilines is 1. The van der Waals surface area contributed by atoms with E-state index in [0.717, 1.165) is 22.0 Å². The first-order chi connectivity index (χ1) is 11.3. The van der Waals surface area contributed by atoms with E-state index in [-0.39, 0.29) is 5.91 Å². The number of aromatic nitrogens is 2. The Morgan fingerprint density at radius 2 is 2.09 bits per heavy atom. The number of hydrogen-bond acceptors (Lipinski definition) is 5. The third kappa shape index (κ3) is 3.97. The third-order valence-electron chi connectivity index (χ3n) is 3.08. The van der Waals surface area contributed by atoms with E-state index in [1.54, 1.807) is 30.1 Å². The highest BCUT2D eigenvalue weighted by molar-refractivity contribution is 7.99. The topological polar surface area (TPSA) is 54.9 Å². The molecule has 3 rings (SSSR count). The summed E-state index contributed by atoms with van der Waals surface area (Å²) in [7, 11) is 0. The summed E-state index contributed by atoms with van der Waals surface area (Å²) in [6.45, 7) is 2.06. The van der Waals surface area contributed by atoms with E-state index in [0.29, 0.717) is 10.7 Å². The van der Waals surface area contributed by atoms with Gasteiger partial charge in [0.15, 0.2) is 5.13 Å². The maximum Gasteiger partial charge on any atom is 0.257 e. The number of thiazole rings is 1. The summed E-state index contributed by atoms with van der Waals surface area (Å²) in [5, 5.41) is 6.23. The zero-order valence-electron chi connectivity index (χ0n) is 12.5. The highest BCUT2D eigenvalue weighted by Crippen LogP contribution is 2.25. The van der Waals surface area contributed by atoms with Crippen molar-refractivity contribution in [3.8, 4) is 11.3 Å². The van der Waals surface area contributed by atoms with E-state index >= 15 is 0 Å². The van der Waals surface area contributed by atoms with E-state index in [1.807, 2.05) is 35.7 Å². The molecule has 116 valence electrons. The highest BCUT2D eigenvalue weighted by atomic mass is 32.2. The molecule has 0 aliphatic heterocycles. The molecule has 0 spiro atoms. The Balaban J connectivity index is 1.73. The van der Waals surface area contributed by atoms with Crippen LogP contribution in [-0.2, 0) is 0 Å². The van der Waals surface area contributed by atoms with Gasteiger partial charge >= 0.3 is 0 Å². The predicted molar refractivity (Wildman–Crippen MR) is 96.1 cm³/mol. The third-order valence-corrected chi connectivity index (χ3v) is 4.65. The number of thioether (sulfide) groups is 1. The molecule has 0 unspecified atom stereocenters. The van der Waals surface area contributed by atoms with Crippen molar-refractivity contribution in [2.24, 2.45) is 0 Å². The molecule has 6 heteroatoms. The smallest absolute Gasteiger partial charge is 0.257 e. The lowest BCUT2D eigenvalue weighted by molar-refractivity contribution is 0.102. The lowest BCUT2D eigenvalue weighted by atomic mass is 10.2. The molecule has 0 aliphatic rings. The number of hydrogen-bond donors (Lipinski definition) is 1. The minimum absolute atomic E-state index is 0.167. The molecule has 3 aromatic rings. The first-order valence-corrected chi connectivity index (χ1v) is 9.04. The Bertz CT molecular complexity index is 802. The van der Waals surface area contributed by atoms with E-state index in [4.69, 9.17) is 0 Å². The summed E-state index contributed by atoms with van der Waals surface area (Å²) in [5.41, 5.74) is 2.49.